The summed E-state index contributed by atoms with van der Waals surface area (Å²) in [6.45, 7) is 4.29. The first-order valence-corrected chi connectivity index (χ1v) is 11.0. The highest BCUT2D eigenvalue weighted by atomic mass is 35.5. The number of carbonyl (C=O) groups is 1. The van der Waals surface area contributed by atoms with Crippen LogP contribution in [0.1, 0.15) is 35.9 Å². The molecule has 0 saturated carbocycles. The molecular weight excluding hydrogens is 436 g/mol. The van der Waals surface area contributed by atoms with Crippen LogP contribution < -0.4 is 5.32 Å². The van der Waals surface area contributed by atoms with Gasteiger partial charge in [0.05, 0.1) is 0 Å². The topological polar surface area (TPSA) is 68.3 Å². The summed E-state index contributed by atoms with van der Waals surface area (Å²) in [5.41, 5.74) is 4.99. The van der Waals surface area contributed by atoms with Crippen molar-refractivity contribution < 1.29 is 13.6 Å². The number of halogens is 1. The molecule has 33 heavy (non-hydrogen) atoms. The maximum atomic E-state index is 12.7. The lowest BCUT2D eigenvalue weighted by Gasteiger charge is -2.04. The van der Waals surface area contributed by atoms with Crippen molar-refractivity contribution in [2.75, 3.05) is 5.32 Å². The standard InChI is InChI=1S/C27H21ClN2O3/c1-16(2)18-8-11-24-22(15-18)30-27(33-24)19-4-3-5-21(14-19)29-26(31)25-13-12-23(32-25)17-6-9-20(28)10-7-17/h3-16H,1-2H3,(H,29,31). The lowest BCUT2D eigenvalue weighted by Crippen LogP contribution is -2.10. The van der Waals surface area contributed by atoms with Gasteiger partial charge in [-0.05, 0) is 78.2 Å². The molecule has 5 rings (SSSR count). The van der Waals surface area contributed by atoms with E-state index in [4.69, 9.17) is 20.4 Å². The van der Waals surface area contributed by atoms with Gasteiger partial charge in [-0.25, -0.2) is 4.98 Å². The average Bonchev–Trinajstić information content (AvgIpc) is 3.47. The second-order valence-electron chi connectivity index (χ2n) is 8.11. The van der Waals surface area contributed by atoms with Crippen molar-refractivity contribution in [1.29, 1.82) is 0 Å². The Morgan fingerprint density at radius 2 is 1.73 bits per heavy atom. The van der Waals surface area contributed by atoms with Crippen LogP contribution in [-0.2, 0) is 0 Å². The van der Waals surface area contributed by atoms with Crippen molar-refractivity contribution in [3.05, 3.63) is 95.2 Å². The Morgan fingerprint density at radius 1 is 0.909 bits per heavy atom. The molecule has 1 N–H and O–H groups in total. The van der Waals surface area contributed by atoms with Gasteiger partial charge in [-0.15, -0.1) is 0 Å². The van der Waals surface area contributed by atoms with E-state index < -0.39 is 0 Å². The number of hydrogen-bond acceptors (Lipinski definition) is 4. The number of rotatable bonds is 5. The number of oxazole rings is 1. The number of anilines is 1. The SMILES string of the molecule is CC(C)c1ccc2oc(-c3cccc(NC(=O)c4ccc(-c5ccc(Cl)cc5)o4)c3)nc2c1. The molecule has 0 aliphatic carbocycles. The van der Waals surface area contributed by atoms with E-state index in [2.05, 4.69) is 30.2 Å². The Hall–Kier alpha value is -3.83. The van der Waals surface area contributed by atoms with Crippen LogP contribution in [0.5, 0.6) is 0 Å². The second-order valence-corrected chi connectivity index (χ2v) is 8.54. The summed E-state index contributed by atoms with van der Waals surface area (Å²) in [7, 11) is 0. The van der Waals surface area contributed by atoms with Crippen LogP contribution in [0, 0.1) is 0 Å². The molecule has 2 heterocycles. The third kappa shape index (κ3) is 4.41. The molecule has 6 heteroatoms. The van der Waals surface area contributed by atoms with Crippen LogP contribution in [0.25, 0.3) is 33.9 Å². The Balaban J connectivity index is 1.36. The van der Waals surface area contributed by atoms with Crippen molar-refractivity contribution in [3.8, 4) is 22.8 Å². The molecule has 1 amide bonds. The molecule has 164 valence electrons. The maximum Gasteiger partial charge on any atom is 0.291 e. The zero-order valence-corrected chi connectivity index (χ0v) is 18.9. The molecule has 5 nitrogen and oxygen atoms in total. The van der Waals surface area contributed by atoms with Gasteiger partial charge in [0.2, 0.25) is 5.89 Å². The molecule has 5 aromatic rings. The van der Waals surface area contributed by atoms with Gasteiger partial charge in [-0.1, -0.05) is 37.6 Å². The predicted octanol–water partition coefficient (Wildman–Crippen LogP) is 7.78. The fourth-order valence-electron chi connectivity index (χ4n) is 3.58. The average molecular weight is 457 g/mol. The van der Waals surface area contributed by atoms with Crippen molar-refractivity contribution in [3.63, 3.8) is 0 Å². The first-order valence-electron chi connectivity index (χ1n) is 10.6. The Morgan fingerprint density at radius 3 is 2.52 bits per heavy atom. The Bertz CT molecular complexity index is 1450. The fraction of sp³-hybridized carbons (Fsp3) is 0.111. The minimum Gasteiger partial charge on any atom is -0.451 e. The third-order valence-electron chi connectivity index (χ3n) is 5.40. The van der Waals surface area contributed by atoms with E-state index >= 15 is 0 Å². The van der Waals surface area contributed by atoms with E-state index in [1.165, 1.54) is 5.56 Å². The van der Waals surface area contributed by atoms with Gasteiger partial charge in [-0.3, -0.25) is 4.79 Å². The molecule has 3 aromatic carbocycles. The number of nitrogens with zero attached hydrogens (tertiary/aromatic N) is 1. The number of amides is 1. The second kappa shape index (κ2) is 8.60. The molecule has 0 fully saturated rings. The van der Waals surface area contributed by atoms with Crippen LogP contribution in [0.15, 0.2) is 87.7 Å². The van der Waals surface area contributed by atoms with E-state index in [0.717, 1.165) is 22.2 Å². The van der Waals surface area contributed by atoms with Crippen LogP contribution in [0.3, 0.4) is 0 Å². The molecule has 0 atom stereocenters. The lowest BCUT2D eigenvalue weighted by molar-refractivity contribution is 0.0997. The molecule has 0 bridgehead atoms. The molecule has 0 spiro atoms. The van der Waals surface area contributed by atoms with Gasteiger partial charge in [0.1, 0.15) is 11.3 Å². The number of furan rings is 1. The summed E-state index contributed by atoms with van der Waals surface area (Å²) in [6.07, 6.45) is 0. The van der Waals surface area contributed by atoms with E-state index in [0.29, 0.717) is 28.3 Å². The predicted molar refractivity (Wildman–Crippen MR) is 131 cm³/mol. The molecule has 0 radical (unpaired) electrons. The summed E-state index contributed by atoms with van der Waals surface area (Å²) >= 11 is 5.94. The van der Waals surface area contributed by atoms with Crippen LogP contribution >= 0.6 is 11.6 Å². The van der Waals surface area contributed by atoms with Gasteiger partial charge in [0.25, 0.3) is 5.91 Å². The van der Waals surface area contributed by atoms with Crippen LogP contribution in [0.2, 0.25) is 5.02 Å². The summed E-state index contributed by atoms with van der Waals surface area (Å²) in [4.78, 5) is 17.4. The van der Waals surface area contributed by atoms with Gasteiger partial charge >= 0.3 is 0 Å². The minimum absolute atomic E-state index is 0.216. The lowest BCUT2D eigenvalue weighted by atomic mass is 10.0. The van der Waals surface area contributed by atoms with Gasteiger partial charge in [0, 0.05) is 21.8 Å². The van der Waals surface area contributed by atoms with Gasteiger partial charge < -0.3 is 14.2 Å². The van der Waals surface area contributed by atoms with E-state index in [-0.39, 0.29) is 11.7 Å². The molecule has 2 aromatic heterocycles. The highest BCUT2D eigenvalue weighted by Crippen LogP contribution is 2.29. The fourth-order valence-corrected chi connectivity index (χ4v) is 3.70. The largest absolute Gasteiger partial charge is 0.451 e. The number of carbonyl (C=O) groups excluding carboxylic acids is 1. The molecule has 0 aliphatic rings. The number of hydrogen-bond donors (Lipinski definition) is 1. The van der Waals surface area contributed by atoms with E-state index in [9.17, 15) is 4.79 Å². The number of aromatic nitrogens is 1. The van der Waals surface area contributed by atoms with Crippen molar-refractivity contribution in [2.45, 2.75) is 19.8 Å². The Kier molecular flexibility index (Phi) is 5.48. The van der Waals surface area contributed by atoms with Crippen LogP contribution in [0.4, 0.5) is 5.69 Å². The van der Waals surface area contributed by atoms with E-state index in [1.807, 2.05) is 48.5 Å². The van der Waals surface area contributed by atoms with Gasteiger partial charge in [-0.2, -0.15) is 0 Å². The van der Waals surface area contributed by atoms with Crippen molar-refractivity contribution >= 4 is 34.3 Å². The summed E-state index contributed by atoms with van der Waals surface area (Å²) < 4.78 is 11.7. The Labute approximate surface area is 196 Å². The van der Waals surface area contributed by atoms with Crippen molar-refractivity contribution in [2.24, 2.45) is 0 Å². The van der Waals surface area contributed by atoms with E-state index in [1.54, 1.807) is 24.3 Å². The minimum atomic E-state index is -0.341. The summed E-state index contributed by atoms with van der Waals surface area (Å²) in [6, 6.07) is 24.1. The zero-order chi connectivity index (χ0) is 22.9. The summed E-state index contributed by atoms with van der Waals surface area (Å²) in [5.74, 6) is 1.39. The van der Waals surface area contributed by atoms with Crippen LogP contribution in [-0.4, -0.2) is 10.9 Å². The molecule has 0 saturated heterocycles. The first-order chi connectivity index (χ1) is 16.0. The number of nitrogens with one attached hydrogen (secondary N) is 1. The van der Waals surface area contributed by atoms with Crippen molar-refractivity contribution in [1.82, 2.24) is 4.98 Å². The number of benzene rings is 3. The smallest absolute Gasteiger partial charge is 0.291 e. The van der Waals surface area contributed by atoms with Gasteiger partial charge in [0.15, 0.2) is 11.3 Å². The molecule has 0 aliphatic heterocycles. The maximum absolute atomic E-state index is 12.7. The first kappa shape index (κ1) is 21.0. The highest BCUT2D eigenvalue weighted by Gasteiger charge is 2.15. The normalized spacial score (nSPS) is 11.3. The zero-order valence-electron chi connectivity index (χ0n) is 18.1. The molecule has 0 unspecified atom stereocenters. The summed E-state index contributed by atoms with van der Waals surface area (Å²) in [5, 5.41) is 3.52. The monoisotopic (exact) mass is 456 g/mol. The highest BCUT2D eigenvalue weighted by molar-refractivity contribution is 6.30. The quantitative estimate of drug-likeness (QED) is 0.293. The molecular formula is C27H21ClN2O3. The third-order valence-corrected chi connectivity index (χ3v) is 5.66. The number of fused-ring (bicyclic) bond motifs is 1.